The smallest absolute Gasteiger partial charge is 0.271 e. The zero-order valence-corrected chi connectivity index (χ0v) is 14.3. The molecule has 26 heavy (non-hydrogen) atoms. The predicted octanol–water partition coefficient (Wildman–Crippen LogP) is 3.16. The van der Waals surface area contributed by atoms with Crippen LogP contribution >= 0.6 is 0 Å². The van der Waals surface area contributed by atoms with Crippen LogP contribution in [0.3, 0.4) is 0 Å². The molecule has 2 aromatic heterocycles. The second-order valence-corrected chi connectivity index (χ2v) is 6.31. The fraction of sp³-hybridized carbons (Fsp3) is 0.250. The van der Waals surface area contributed by atoms with Crippen molar-refractivity contribution in [3.63, 3.8) is 0 Å². The van der Waals surface area contributed by atoms with Gasteiger partial charge in [-0.05, 0) is 12.1 Å². The van der Waals surface area contributed by atoms with Gasteiger partial charge in [0.15, 0.2) is 0 Å². The van der Waals surface area contributed by atoms with Crippen LogP contribution in [0.15, 0.2) is 60.8 Å². The highest BCUT2D eigenvalue weighted by Crippen LogP contribution is 2.21. The fourth-order valence-corrected chi connectivity index (χ4v) is 3.12. The van der Waals surface area contributed by atoms with E-state index in [4.69, 9.17) is 4.74 Å². The molecule has 6 heteroatoms. The molecular weight excluding hydrogens is 328 g/mol. The molecule has 1 fully saturated rings. The number of likely N-dealkylation sites (tertiary alicyclic amines) is 1. The maximum atomic E-state index is 12.7. The van der Waals surface area contributed by atoms with Crippen LogP contribution < -0.4 is 4.74 Å². The Morgan fingerprint density at radius 1 is 1.08 bits per heavy atom. The summed E-state index contributed by atoms with van der Waals surface area (Å²) in [6, 6.07) is 17.3. The lowest BCUT2D eigenvalue weighted by molar-refractivity contribution is 0.0582. The highest BCUT2D eigenvalue weighted by molar-refractivity contribution is 5.93. The number of H-pyrrole nitrogens is 1. The molecular formula is C20H20N4O2. The van der Waals surface area contributed by atoms with E-state index in [1.165, 1.54) is 0 Å². The molecule has 1 amide bonds. The Labute approximate surface area is 151 Å². The third-order valence-corrected chi connectivity index (χ3v) is 4.53. The summed E-state index contributed by atoms with van der Waals surface area (Å²) in [7, 11) is 0. The van der Waals surface area contributed by atoms with Crippen molar-refractivity contribution in [3.05, 3.63) is 66.5 Å². The first-order valence-corrected chi connectivity index (χ1v) is 8.77. The maximum Gasteiger partial charge on any atom is 0.271 e. The van der Waals surface area contributed by atoms with E-state index < -0.39 is 0 Å². The Hall–Kier alpha value is -3.15. The van der Waals surface area contributed by atoms with Gasteiger partial charge in [0.1, 0.15) is 11.8 Å². The summed E-state index contributed by atoms with van der Waals surface area (Å²) in [6.45, 7) is 1.33. The number of carbonyl (C=O) groups is 1. The summed E-state index contributed by atoms with van der Waals surface area (Å²) in [5.74, 6) is 0.620. The number of aromatic amines is 1. The molecule has 132 valence electrons. The van der Waals surface area contributed by atoms with E-state index in [0.717, 1.165) is 24.1 Å². The van der Waals surface area contributed by atoms with E-state index in [0.29, 0.717) is 24.7 Å². The zero-order valence-electron chi connectivity index (χ0n) is 14.3. The largest absolute Gasteiger partial charge is 0.474 e. The lowest BCUT2D eigenvalue weighted by Crippen LogP contribution is -2.42. The van der Waals surface area contributed by atoms with Crippen molar-refractivity contribution < 1.29 is 9.53 Å². The van der Waals surface area contributed by atoms with E-state index >= 15 is 0 Å². The standard InChI is InChI=1S/C20H20N4O2/c25-20(18-14-17(22-23-18)15-6-2-1-3-7-15)24-12-9-16(10-13-24)26-19-8-4-5-11-21-19/h1-8,11,14,16H,9-10,12-13H2,(H,22,23). The second kappa shape index (κ2) is 7.39. The van der Waals surface area contributed by atoms with Crippen molar-refractivity contribution in [2.45, 2.75) is 18.9 Å². The first-order valence-electron chi connectivity index (χ1n) is 8.77. The van der Waals surface area contributed by atoms with Crippen molar-refractivity contribution in [1.82, 2.24) is 20.1 Å². The monoisotopic (exact) mass is 348 g/mol. The summed E-state index contributed by atoms with van der Waals surface area (Å²) >= 11 is 0. The Morgan fingerprint density at radius 3 is 2.58 bits per heavy atom. The van der Waals surface area contributed by atoms with Crippen LogP contribution in [0.2, 0.25) is 0 Å². The third kappa shape index (κ3) is 3.59. The lowest BCUT2D eigenvalue weighted by atomic mass is 10.1. The molecule has 1 saturated heterocycles. The van der Waals surface area contributed by atoms with Gasteiger partial charge in [0.25, 0.3) is 5.91 Å². The van der Waals surface area contributed by atoms with Gasteiger partial charge in [0.2, 0.25) is 5.88 Å². The van der Waals surface area contributed by atoms with Gasteiger partial charge in [-0.3, -0.25) is 9.89 Å². The maximum absolute atomic E-state index is 12.7. The van der Waals surface area contributed by atoms with Gasteiger partial charge in [-0.1, -0.05) is 36.4 Å². The average molecular weight is 348 g/mol. The average Bonchev–Trinajstić information content (AvgIpc) is 3.20. The lowest BCUT2D eigenvalue weighted by Gasteiger charge is -2.31. The van der Waals surface area contributed by atoms with Crippen LogP contribution in [0.4, 0.5) is 0 Å². The number of rotatable bonds is 4. The molecule has 4 rings (SSSR count). The number of piperidine rings is 1. The van der Waals surface area contributed by atoms with E-state index in [1.54, 1.807) is 6.20 Å². The van der Waals surface area contributed by atoms with Crippen molar-refractivity contribution >= 4 is 5.91 Å². The van der Waals surface area contributed by atoms with E-state index in [-0.39, 0.29) is 12.0 Å². The first kappa shape index (κ1) is 16.3. The molecule has 1 N–H and O–H groups in total. The SMILES string of the molecule is O=C(c1cc(-c2ccccc2)n[nH]1)N1CCC(Oc2ccccn2)CC1. The molecule has 0 aliphatic carbocycles. The van der Waals surface area contributed by atoms with Crippen molar-refractivity contribution in [2.24, 2.45) is 0 Å². The number of hydrogen-bond donors (Lipinski definition) is 1. The van der Waals surface area contributed by atoms with Crippen LogP contribution in [0.25, 0.3) is 11.3 Å². The van der Waals surface area contributed by atoms with Crippen LogP contribution in [0, 0.1) is 0 Å². The Kier molecular flexibility index (Phi) is 4.64. The summed E-state index contributed by atoms with van der Waals surface area (Å²) < 4.78 is 5.88. The van der Waals surface area contributed by atoms with Gasteiger partial charge in [0, 0.05) is 43.8 Å². The highest BCUT2D eigenvalue weighted by atomic mass is 16.5. The number of nitrogens with zero attached hydrogens (tertiary/aromatic N) is 3. The quantitative estimate of drug-likeness (QED) is 0.786. The van der Waals surface area contributed by atoms with Crippen molar-refractivity contribution in [3.8, 4) is 17.1 Å². The topological polar surface area (TPSA) is 71.1 Å². The summed E-state index contributed by atoms with van der Waals surface area (Å²) in [5, 5.41) is 7.14. The predicted molar refractivity (Wildman–Crippen MR) is 97.8 cm³/mol. The summed E-state index contributed by atoms with van der Waals surface area (Å²) in [6.07, 6.45) is 3.40. The zero-order chi connectivity index (χ0) is 17.8. The van der Waals surface area contributed by atoms with Crippen LogP contribution in [-0.4, -0.2) is 45.2 Å². The normalized spacial score (nSPS) is 15.0. The number of pyridine rings is 1. The third-order valence-electron chi connectivity index (χ3n) is 4.53. The van der Waals surface area contributed by atoms with Gasteiger partial charge in [-0.25, -0.2) is 4.98 Å². The number of hydrogen-bond acceptors (Lipinski definition) is 4. The minimum Gasteiger partial charge on any atom is -0.474 e. The Bertz CT molecular complexity index is 856. The summed E-state index contributed by atoms with van der Waals surface area (Å²) in [4.78, 5) is 18.7. The number of ether oxygens (including phenoxy) is 1. The Morgan fingerprint density at radius 2 is 1.85 bits per heavy atom. The van der Waals surface area contributed by atoms with E-state index in [9.17, 15) is 4.79 Å². The molecule has 3 heterocycles. The molecule has 0 spiro atoms. The van der Waals surface area contributed by atoms with Crippen molar-refractivity contribution in [1.29, 1.82) is 0 Å². The highest BCUT2D eigenvalue weighted by Gasteiger charge is 2.26. The fourth-order valence-electron chi connectivity index (χ4n) is 3.12. The van der Waals surface area contributed by atoms with Crippen LogP contribution in [0.5, 0.6) is 5.88 Å². The molecule has 1 aliphatic rings. The molecule has 0 saturated carbocycles. The molecule has 0 bridgehead atoms. The number of amides is 1. The molecule has 1 aliphatic heterocycles. The molecule has 0 unspecified atom stereocenters. The molecule has 3 aromatic rings. The number of carbonyl (C=O) groups excluding carboxylic acids is 1. The number of nitrogens with one attached hydrogen (secondary N) is 1. The number of benzene rings is 1. The van der Waals surface area contributed by atoms with Crippen LogP contribution in [-0.2, 0) is 0 Å². The Balaban J connectivity index is 1.36. The van der Waals surface area contributed by atoms with Gasteiger partial charge < -0.3 is 9.64 Å². The van der Waals surface area contributed by atoms with Gasteiger partial charge in [-0.2, -0.15) is 5.10 Å². The van der Waals surface area contributed by atoms with E-state index in [2.05, 4.69) is 15.2 Å². The minimum absolute atomic E-state index is 0.0176. The van der Waals surface area contributed by atoms with Gasteiger partial charge >= 0.3 is 0 Å². The van der Waals surface area contributed by atoms with Gasteiger partial charge in [0.05, 0.1) is 5.69 Å². The second-order valence-electron chi connectivity index (χ2n) is 6.31. The van der Waals surface area contributed by atoms with Gasteiger partial charge in [-0.15, -0.1) is 0 Å². The van der Waals surface area contributed by atoms with Crippen molar-refractivity contribution in [2.75, 3.05) is 13.1 Å². The molecule has 1 aromatic carbocycles. The van der Waals surface area contributed by atoms with Crippen LogP contribution in [0.1, 0.15) is 23.3 Å². The minimum atomic E-state index is -0.0176. The first-order chi connectivity index (χ1) is 12.8. The van der Waals surface area contributed by atoms with E-state index in [1.807, 2.05) is 59.5 Å². The molecule has 0 atom stereocenters. The number of aromatic nitrogens is 3. The molecule has 0 radical (unpaired) electrons. The molecule has 6 nitrogen and oxygen atoms in total. The summed E-state index contributed by atoms with van der Waals surface area (Å²) in [5.41, 5.74) is 2.29.